The first-order valence-electron chi connectivity index (χ1n) is 6.10. The molecule has 0 radical (unpaired) electrons. The molecule has 0 saturated heterocycles. The number of benzene rings is 2. The van der Waals surface area contributed by atoms with Crippen molar-refractivity contribution in [1.82, 2.24) is 5.32 Å². The minimum Gasteiger partial charge on any atom is -0.379 e. The molecule has 5 heteroatoms. The van der Waals surface area contributed by atoms with Crippen LogP contribution in [0, 0.1) is 5.82 Å². The Bertz CT molecular complexity index is 614. The van der Waals surface area contributed by atoms with E-state index in [0.29, 0.717) is 22.8 Å². The van der Waals surface area contributed by atoms with E-state index in [-0.39, 0.29) is 11.7 Å². The van der Waals surface area contributed by atoms with E-state index in [1.807, 2.05) is 12.1 Å². The Morgan fingerprint density at radius 2 is 1.90 bits per heavy atom. The van der Waals surface area contributed by atoms with Crippen LogP contribution in [0.5, 0.6) is 0 Å². The summed E-state index contributed by atoms with van der Waals surface area (Å²) in [5, 5.41) is 5.90. The molecule has 2 rings (SSSR count). The zero-order valence-corrected chi connectivity index (χ0v) is 11.7. The van der Waals surface area contributed by atoms with Gasteiger partial charge < -0.3 is 10.6 Å². The van der Waals surface area contributed by atoms with Gasteiger partial charge >= 0.3 is 0 Å². The summed E-state index contributed by atoms with van der Waals surface area (Å²) in [6.45, 7) is 0.465. The van der Waals surface area contributed by atoms with Crippen molar-refractivity contribution in [2.24, 2.45) is 0 Å². The lowest BCUT2D eigenvalue weighted by Crippen LogP contribution is -2.17. The van der Waals surface area contributed by atoms with Crippen molar-refractivity contribution in [3.63, 3.8) is 0 Å². The fourth-order valence-corrected chi connectivity index (χ4v) is 1.91. The van der Waals surface area contributed by atoms with Gasteiger partial charge in [0.05, 0.1) is 5.69 Å². The largest absolute Gasteiger partial charge is 0.379 e. The van der Waals surface area contributed by atoms with Crippen LogP contribution in [0.4, 0.5) is 10.1 Å². The molecule has 0 spiro atoms. The van der Waals surface area contributed by atoms with Crippen LogP contribution in [-0.4, -0.2) is 13.0 Å². The van der Waals surface area contributed by atoms with Crippen LogP contribution >= 0.6 is 11.6 Å². The summed E-state index contributed by atoms with van der Waals surface area (Å²) < 4.78 is 13.6. The number of nitrogens with one attached hydrogen (secondary N) is 2. The summed E-state index contributed by atoms with van der Waals surface area (Å²) in [6, 6.07) is 11.6. The van der Waals surface area contributed by atoms with Crippen LogP contribution in [0.25, 0.3) is 0 Å². The third-order valence-corrected chi connectivity index (χ3v) is 3.09. The first-order valence-corrected chi connectivity index (χ1v) is 6.48. The Hall–Kier alpha value is -2.07. The predicted molar refractivity (Wildman–Crippen MR) is 78.6 cm³/mol. The highest BCUT2D eigenvalue weighted by molar-refractivity contribution is 6.30. The average Bonchev–Trinajstić information content (AvgIpc) is 2.46. The number of carbonyl (C=O) groups excluding carboxylic acids is 1. The summed E-state index contributed by atoms with van der Waals surface area (Å²) in [7, 11) is 1.58. The fraction of sp³-hybridized carbons (Fsp3) is 0.133. The van der Waals surface area contributed by atoms with Gasteiger partial charge in [-0.15, -0.1) is 0 Å². The predicted octanol–water partition coefficient (Wildman–Crippen LogP) is 3.45. The van der Waals surface area contributed by atoms with E-state index in [4.69, 9.17) is 11.6 Å². The third-order valence-electron chi connectivity index (χ3n) is 2.86. The van der Waals surface area contributed by atoms with Gasteiger partial charge in [0, 0.05) is 24.2 Å². The maximum Gasteiger partial charge on any atom is 0.251 e. The first-order chi connectivity index (χ1) is 9.60. The third kappa shape index (κ3) is 3.48. The van der Waals surface area contributed by atoms with Crippen LogP contribution in [0.3, 0.4) is 0 Å². The van der Waals surface area contributed by atoms with E-state index >= 15 is 0 Å². The number of anilines is 1. The highest BCUT2D eigenvalue weighted by atomic mass is 35.5. The molecule has 1 amide bonds. The fourth-order valence-electron chi connectivity index (χ4n) is 1.75. The van der Waals surface area contributed by atoms with Crippen molar-refractivity contribution in [2.45, 2.75) is 6.54 Å². The highest BCUT2D eigenvalue weighted by Gasteiger charge is 2.04. The normalized spacial score (nSPS) is 10.2. The van der Waals surface area contributed by atoms with Crippen molar-refractivity contribution >= 4 is 23.2 Å². The number of halogens is 2. The summed E-state index contributed by atoms with van der Waals surface area (Å²) >= 11 is 5.69. The second-order valence-electron chi connectivity index (χ2n) is 4.25. The zero-order valence-electron chi connectivity index (χ0n) is 10.9. The van der Waals surface area contributed by atoms with Gasteiger partial charge in [-0.25, -0.2) is 4.39 Å². The topological polar surface area (TPSA) is 41.1 Å². The molecular weight excluding hydrogens is 279 g/mol. The Labute approximate surface area is 121 Å². The minimum atomic E-state index is -0.389. The van der Waals surface area contributed by atoms with E-state index in [1.165, 1.54) is 6.07 Å². The van der Waals surface area contributed by atoms with Crippen LogP contribution in [0.1, 0.15) is 15.9 Å². The number of hydrogen-bond acceptors (Lipinski definition) is 2. The maximum atomic E-state index is 13.6. The molecule has 0 aromatic heterocycles. The van der Waals surface area contributed by atoms with E-state index < -0.39 is 0 Å². The van der Waals surface area contributed by atoms with Gasteiger partial charge in [-0.2, -0.15) is 0 Å². The van der Waals surface area contributed by atoms with Gasteiger partial charge in [-0.1, -0.05) is 23.7 Å². The van der Waals surface area contributed by atoms with Crippen molar-refractivity contribution < 1.29 is 9.18 Å². The first kappa shape index (κ1) is 14.3. The Balaban J connectivity index is 2.02. The minimum absolute atomic E-state index is 0.131. The van der Waals surface area contributed by atoms with Crippen molar-refractivity contribution in [1.29, 1.82) is 0 Å². The molecule has 0 aliphatic heterocycles. The lowest BCUT2D eigenvalue weighted by atomic mass is 10.1. The molecule has 104 valence electrons. The number of amides is 1. The van der Waals surface area contributed by atoms with Crippen LogP contribution < -0.4 is 10.6 Å². The van der Waals surface area contributed by atoms with Gasteiger partial charge in [0.15, 0.2) is 0 Å². The van der Waals surface area contributed by atoms with Gasteiger partial charge in [0.2, 0.25) is 0 Å². The molecule has 2 aromatic rings. The Kier molecular flexibility index (Phi) is 4.58. The molecular formula is C15H14ClFN2O. The number of hydrogen-bond donors (Lipinski definition) is 2. The van der Waals surface area contributed by atoms with E-state index in [1.54, 1.807) is 31.3 Å². The molecule has 0 fully saturated rings. The molecule has 0 aliphatic carbocycles. The van der Waals surface area contributed by atoms with Gasteiger partial charge in [-0.3, -0.25) is 4.79 Å². The van der Waals surface area contributed by atoms with Crippen molar-refractivity contribution in [3.05, 3.63) is 64.4 Å². The molecule has 0 saturated carbocycles. The molecule has 0 bridgehead atoms. The number of rotatable bonds is 4. The van der Waals surface area contributed by atoms with Crippen LogP contribution in [0.2, 0.25) is 5.02 Å². The van der Waals surface area contributed by atoms with Crippen LogP contribution in [-0.2, 0) is 6.54 Å². The Morgan fingerprint density at radius 3 is 2.50 bits per heavy atom. The molecule has 0 aliphatic rings. The second kappa shape index (κ2) is 6.39. The molecule has 2 N–H and O–H groups in total. The molecule has 0 unspecified atom stereocenters. The monoisotopic (exact) mass is 292 g/mol. The highest BCUT2D eigenvalue weighted by Crippen LogP contribution is 2.19. The smallest absolute Gasteiger partial charge is 0.251 e. The standard InChI is InChI=1S/C15H14ClFN2O/c1-18-15(20)11-4-2-10(3-5-11)9-19-14-7-6-12(16)8-13(14)17/h2-8,19H,9H2,1H3,(H,18,20). The summed E-state index contributed by atoms with van der Waals surface area (Å²) in [5.41, 5.74) is 1.94. The van der Waals surface area contributed by atoms with Crippen molar-refractivity contribution in [3.8, 4) is 0 Å². The van der Waals surface area contributed by atoms with E-state index in [9.17, 15) is 9.18 Å². The molecule has 3 nitrogen and oxygen atoms in total. The summed E-state index contributed by atoms with van der Waals surface area (Å²) in [6.07, 6.45) is 0. The number of carbonyl (C=O) groups is 1. The summed E-state index contributed by atoms with van der Waals surface area (Å²) in [5.74, 6) is -0.521. The SMILES string of the molecule is CNC(=O)c1ccc(CNc2ccc(Cl)cc2F)cc1. The van der Waals surface area contributed by atoms with Gasteiger partial charge in [-0.05, 0) is 35.9 Å². The van der Waals surface area contributed by atoms with E-state index in [0.717, 1.165) is 5.56 Å². The Morgan fingerprint density at radius 1 is 1.20 bits per heavy atom. The quantitative estimate of drug-likeness (QED) is 0.906. The zero-order chi connectivity index (χ0) is 14.5. The van der Waals surface area contributed by atoms with Gasteiger partial charge in [0.25, 0.3) is 5.91 Å². The summed E-state index contributed by atoms with van der Waals surface area (Å²) in [4.78, 5) is 11.4. The maximum absolute atomic E-state index is 13.6. The lowest BCUT2D eigenvalue weighted by molar-refractivity contribution is 0.0963. The van der Waals surface area contributed by atoms with E-state index in [2.05, 4.69) is 10.6 Å². The van der Waals surface area contributed by atoms with Crippen LogP contribution in [0.15, 0.2) is 42.5 Å². The van der Waals surface area contributed by atoms with Gasteiger partial charge in [0.1, 0.15) is 5.82 Å². The molecule has 2 aromatic carbocycles. The molecule has 20 heavy (non-hydrogen) atoms. The average molecular weight is 293 g/mol. The lowest BCUT2D eigenvalue weighted by Gasteiger charge is -2.08. The second-order valence-corrected chi connectivity index (χ2v) is 4.69. The molecule has 0 heterocycles. The molecule has 0 atom stereocenters. The van der Waals surface area contributed by atoms with Crippen molar-refractivity contribution in [2.75, 3.05) is 12.4 Å².